The maximum absolute atomic E-state index is 13.5. The lowest BCUT2D eigenvalue weighted by molar-refractivity contribution is 0.176. The monoisotopic (exact) mass is 386 g/mol. The van der Waals surface area contributed by atoms with E-state index in [-0.39, 0.29) is 17.4 Å². The summed E-state index contributed by atoms with van der Waals surface area (Å²) >= 11 is 0. The molecule has 2 aromatic rings. The lowest BCUT2D eigenvalue weighted by Gasteiger charge is -2.36. The van der Waals surface area contributed by atoms with Gasteiger partial charge in [-0.1, -0.05) is 24.6 Å². The molecule has 3 rings (SSSR count). The van der Waals surface area contributed by atoms with Crippen LogP contribution in [0.4, 0.5) is 0 Å². The van der Waals surface area contributed by atoms with Crippen molar-refractivity contribution in [3.63, 3.8) is 0 Å². The number of likely N-dealkylation sites (tertiary alicyclic amines) is 1. The van der Waals surface area contributed by atoms with Crippen LogP contribution in [0.3, 0.4) is 0 Å². The molecule has 152 valence electrons. The summed E-state index contributed by atoms with van der Waals surface area (Å²) in [7, 11) is 3.25. The molecule has 1 fully saturated rings. The van der Waals surface area contributed by atoms with E-state index >= 15 is 0 Å². The first kappa shape index (κ1) is 20.4. The van der Waals surface area contributed by atoms with Crippen LogP contribution in [0.5, 0.6) is 11.5 Å². The lowest BCUT2D eigenvalue weighted by Crippen LogP contribution is -2.39. The first-order valence-electron chi connectivity index (χ1n) is 9.87. The van der Waals surface area contributed by atoms with Crippen LogP contribution in [0.25, 0.3) is 0 Å². The van der Waals surface area contributed by atoms with Gasteiger partial charge in [0.2, 0.25) is 0 Å². The number of aromatic hydroxyl groups is 1. The number of para-hydroxylation sites is 1. The van der Waals surface area contributed by atoms with E-state index in [1.54, 1.807) is 24.9 Å². The number of methoxy groups -OCH3 is 2. The van der Waals surface area contributed by atoms with Gasteiger partial charge in [0.25, 0.3) is 5.56 Å². The summed E-state index contributed by atoms with van der Waals surface area (Å²) in [5, 5.41) is 10.8. The molecule has 28 heavy (non-hydrogen) atoms. The Morgan fingerprint density at radius 3 is 2.54 bits per heavy atom. The van der Waals surface area contributed by atoms with Crippen molar-refractivity contribution in [1.82, 2.24) is 9.47 Å². The molecule has 1 atom stereocenters. The Morgan fingerprint density at radius 1 is 1.14 bits per heavy atom. The molecule has 0 aliphatic carbocycles. The Labute approximate surface area is 166 Å². The third-order valence-corrected chi connectivity index (χ3v) is 5.50. The normalized spacial score (nSPS) is 16.1. The average Bonchev–Trinajstić information content (AvgIpc) is 2.71. The number of piperidine rings is 1. The average molecular weight is 386 g/mol. The molecule has 6 nitrogen and oxygen atoms in total. The molecule has 0 spiro atoms. The number of ether oxygens (including phenoxy) is 2. The number of hydrogen-bond acceptors (Lipinski definition) is 5. The zero-order chi connectivity index (χ0) is 20.1. The van der Waals surface area contributed by atoms with E-state index in [1.807, 2.05) is 31.2 Å². The molecule has 1 saturated heterocycles. The summed E-state index contributed by atoms with van der Waals surface area (Å²) < 4.78 is 12.5. The van der Waals surface area contributed by atoms with Crippen LogP contribution in [0.2, 0.25) is 0 Å². The third kappa shape index (κ3) is 4.08. The quantitative estimate of drug-likeness (QED) is 0.792. The molecule has 0 saturated carbocycles. The van der Waals surface area contributed by atoms with Crippen LogP contribution in [-0.2, 0) is 11.3 Å². The van der Waals surface area contributed by atoms with Crippen molar-refractivity contribution in [2.75, 3.05) is 33.9 Å². The van der Waals surface area contributed by atoms with Crippen molar-refractivity contribution >= 4 is 0 Å². The Balaban J connectivity index is 2.19. The molecule has 1 aliphatic heterocycles. The van der Waals surface area contributed by atoms with Gasteiger partial charge in [-0.05, 0) is 45.0 Å². The van der Waals surface area contributed by atoms with E-state index in [0.717, 1.165) is 42.9 Å². The minimum Gasteiger partial charge on any atom is -0.507 e. The summed E-state index contributed by atoms with van der Waals surface area (Å²) in [6, 6.07) is 9.08. The van der Waals surface area contributed by atoms with E-state index in [2.05, 4.69) is 4.90 Å². The predicted octanol–water partition coefficient (Wildman–Crippen LogP) is 3.09. The Morgan fingerprint density at radius 2 is 1.86 bits per heavy atom. The van der Waals surface area contributed by atoms with Crippen LogP contribution in [-0.4, -0.2) is 48.5 Å². The fourth-order valence-corrected chi connectivity index (χ4v) is 4.09. The number of nitrogens with zero attached hydrogens (tertiary/aromatic N) is 2. The summed E-state index contributed by atoms with van der Waals surface area (Å²) in [5.41, 5.74) is 1.87. The molecule has 1 aromatic heterocycles. The highest BCUT2D eigenvalue weighted by molar-refractivity contribution is 5.46. The standard InChI is InChI=1S/C22H30N2O4/c1-16-15-18(25)20(22(26)24(16)13-14-27-2)21(23-11-7-4-8-12-23)17-9-5-6-10-19(17)28-3/h5-6,9-10,15,21,25H,4,7-8,11-14H2,1-3H3/t21-/m1/s1. The summed E-state index contributed by atoms with van der Waals surface area (Å²) in [4.78, 5) is 15.7. The van der Waals surface area contributed by atoms with Gasteiger partial charge in [-0.25, -0.2) is 0 Å². The van der Waals surface area contributed by atoms with Crippen molar-refractivity contribution < 1.29 is 14.6 Å². The number of hydrogen-bond donors (Lipinski definition) is 1. The van der Waals surface area contributed by atoms with Crippen LogP contribution in [0.15, 0.2) is 35.1 Å². The number of pyridine rings is 1. The van der Waals surface area contributed by atoms with Gasteiger partial charge >= 0.3 is 0 Å². The van der Waals surface area contributed by atoms with Crippen molar-refractivity contribution in [3.05, 3.63) is 57.5 Å². The van der Waals surface area contributed by atoms with Crippen molar-refractivity contribution in [3.8, 4) is 11.5 Å². The van der Waals surface area contributed by atoms with E-state index in [9.17, 15) is 9.90 Å². The van der Waals surface area contributed by atoms with Gasteiger partial charge in [-0.3, -0.25) is 9.69 Å². The van der Waals surface area contributed by atoms with Crippen LogP contribution in [0.1, 0.15) is 42.1 Å². The van der Waals surface area contributed by atoms with Crippen LogP contribution >= 0.6 is 0 Å². The molecule has 1 N–H and O–H groups in total. The van der Waals surface area contributed by atoms with Crippen molar-refractivity contribution in [1.29, 1.82) is 0 Å². The van der Waals surface area contributed by atoms with Crippen LogP contribution in [0, 0.1) is 6.92 Å². The Hall–Kier alpha value is -2.31. The molecular weight excluding hydrogens is 356 g/mol. The molecule has 0 bridgehead atoms. The maximum atomic E-state index is 13.5. The zero-order valence-electron chi connectivity index (χ0n) is 17.0. The Kier molecular flexibility index (Phi) is 6.75. The highest BCUT2D eigenvalue weighted by atomic mass is 16.5. The molecule has 0 unspecified atom stereocenters. The highest BCUT2D eigenvalue weighted by Gasteiger charge is 2.31. The molecule has 1 aliphatic rings. The van der Waals surface area contributed by atoms with Gasteiger partial charge in [-0.2, -0.15) is 0 Å². The summed E-state index contributed by atoms with van der Waals surface area (Å²) in [5.74, 6) is 0.763. The van der Waals surface area contributed by atoms with Gasteiger partial charge in [0.15, 0.2) is 0 Å². The first-order valence-corrected chi connectivity index (χ1v) is 9.87. The van der Waals surface area contributed by atoms with E-state index in [1.165, 1.54) is 6.42 Å². The first-order chi connectivity index (χ1) is 13.6. The molecular formula is C22H30N2O4. The second-order valence-electron chi connectivity index (χ2n) is 7.28. The van der Waals surface area contributed by atoms with Crippen molar-refractivity contribution in [2.45, 2.75) is 38.8 Å². The van der Waals surface area contributed by atoms with E-state index in [0.29, 0.717) is 18.7 Å². The van der Waals surface area contributed by atoms with Gasteiger partial charge in [0.1, 0.15) is 11.5 Å². The van der Waals surface area contributed by atoms with Crippen molar-refractivity contribution in [2.24, 2.45) is 0 Å². The minimum absolute atomic E-state index is 0.0395. The largest absolute Gasteiger partial charge is 0.507 e. The SMILES string of the molecule is COCCn1c(C)cc(O)c([C@@H](c2ccccc2OC)N2CCCCC2)c1=O. The predicted molar refractivity (Wildman–Crippen MR) is 109 cm³/mol. The second kappa shape index (κ2) is 9.26. The highest BCUT2D eigenvalue weighted by Crippen LogP contribution is 2.38. The number of aryl methyl sites for hydroxylation is 1. The lowest BCUT2D eigenvalue weighted by atomic mass is 9.94. The molecule has 1 aromatic carbocycles. The van der Waals surface area contributed by atoms with E-state index in [4.69, 9.17) is 9.47 Å². The Bertz CT molecular complexity index is 856. The van der Waals surface area contributed by atoms with Gasteiger partial charge in [0, 0.05) is 24.9 Å². The molecule has 0 radical (unpaired) electrons. The smallest absolute Gasteiger partial charge is 0.259 e. The zero-order valence-corrected chi connectivity index (χ0v) is 17.0. The summed E-state index contributed by atoms with van der Waals surface area (Å²) in [6.07, 6.45) is 3.35. The van der Waals surface area contributed by atoms with Gasteiger partial charge in [-0.15, -0.1) is 0 Å². The second-order valence-corrected chi connectivity index (χ2v) is 7.28. The minimum atomic E-state index is -0.349. The third-order valence-electron chi connectivity index (χ3n) is 5.50. The number of benzene rings is 1. The molecule has 6 heteroatoms. The van der Waals surface area contributed by atoms with Gasteiger partial charge < -0.3 is 19.1 Å². The van der Waals surface area contributed by atoms with Crippen LogP contribution < -0.4 is 10.3 Å². The topological polar surface area (TPSA) is 63.9 Å². The number of aromatic nitrogens is 1. The fraction of sp³-hybridized carbons (Fsp3) is 0.500. The summed E-state index contributed by atoms with van der Waals surface area (Å²) in [6.45, 7) is 4.49. The molecule has 0 amide bonds. The molecule has 2 heterocycles. The van der Waals surface area contributed by atoms with Gasteiger partial charge in [0.05, 0.1) is 25.3 Å². The fourth-order valence-electron chi connectivity index (χ4n) is 4.09. The van der Waals surface area contributed by atoms with E-state index < -0.39 is 0 Å². The number of rotatable bonds is 7. The maximum Gasteiger partial charge on any atom is 0.259 e.